The minimum absolute atomic E-state index is 0.109. The lowest BCUT2D eigenvalue weighted by atomic mass is 9.78. The Morgan fingerprint density at radius 1 is 0.718 bits per heavy atom. The summed E-state index contributed by atoms with van der Waals surface area (Å²) in [6.45, 7) is 13.0. The molecule has 0 spiro atoms. The Hall–Kier alpha value is -1.67. The Kier molecular flexibility index (Phi) is 11.9. The smallest absolute Gasteiger partial charge is 0.249 e. The Balaban J connectivity index is 2.49. The molecule has 0 fully saturated rings. The molecule has 2 aromatic carbocycles. The van der Waals surface area contributed by atoms with Crippen molar-refractivity contribution in [2.24, 2.45) is 5.41 Å². The molecule has 0 radical (unpaired) electrons. The van der Waals surface area contributed by atoms with Crippen LogP contribution in [0.4, 0.5) is 26.3 Å². The SMILES string of the molecule is CCCCC(CCCC)(NSc1cc(C(F)(F)F)cc(C(F)(F)F)c1)c1ccc(C(CC)CC(C)(C)C)cc1. The molecule has 2 aromatic rings. The van der Waals surface area contributed by atoms with Crippen LogP contribution in [0.2, 0.25) is 0 Å². The van der Waals surface area contributed by atoms with Crippen molar-refractivity contribution in [2.75, 3.05) is 0 Å². The predicted molar refractivity (Wildman–Crippen MR) is 150 cm³/mol. The van der Waals surface area contributed by atoms with E-state index in [0.717, 1.165) is 81.0 Å². The highest BCUT2D eigenvalue weighted by molar-refractivity contribution is 7.97. The maximum atomic E-state index is 13.4. The van der Waals surface area contributed by atoms with Crippen molar-refractivity contribution >= 4 is 11.9 Å². The lowest BCUT2D eigenvalue weighted by Gasteiger charge is -2.36. The second kappa shape index (κ2) is 13.8. The van der Waals surface area contributed by atoms with Gasteiger partial charge in [0.25, 0.3) is 0 Å². The van der Waals surface area contributed by atoms with Crippen molar-refractivity contribution in [1.82, 2.24) is 4.72 Å². The highest BCUT2D eigenvalue weighted by Crippen LogP contribution is 2.41. The summed E-state index contributed by atoms with van der Waals surface area (Å²) < 4.78 is 84.1. The quantitative estimate of drug-likeness (QED) is 0.188. The zero-order chi connectivity index (χ0) is 29.5. The second-order valence-electron chi connectivity index (χ2n) is 11.7. The Labute approximate surface area is 234 Å². The Morgan fingerprint density at radius 3 is 1.59 bits per heavy atom. The van der Waals surface area contributed by atoms with E-state index >= 15 is 0 Å². The first-order chi connectivity index (χ1) is 18.0. The number of halogens is 6. The molecule has 0 bridgehead atoms. The van der Waals surface area contributed by atoms with Gasteiger partial charge in [0, 0.05) is 4.90 Å². The van der Waals surface area contributed by atoms with E-state index in [0.29, 0.717) is 5.92 Å². The van der Waals surface area contributed by atoms with E-state index in [2.05, 4.69) is 70.5 Å². The van der Waals surface area contributed by atoms with E-state index in [-0.39, 0.29) is 16.4 Å². The molecule has 1 atom stereocenters. The molecular weight excluding hydrogens is 532 g/mol. The van der Waals surface area contributed by atoms with Gasteiger partial charge < -0.3 is 0 Å². The Bertz CT molecular complexity index is 981. The van der Waals surface area contributed by atoms with Crippen molar-refractivity contribution in [3.63, 3.8) is 0 Å². The van der Waals surface area contributed by atoms with Gasteiger partial charge >= 0.3 is 12.4 Å². The maximum Gasteiger partial charge on any atom is 0.416 e. The van der Waals surface area contributed by atoms with Gasteiger partial charge in [0.15, 0.2) is 0 Å². The summed E-state index contributed by atoms with van der Waals surface area (Å²) >= 11 is 0.857. The molecule has 220 valence electrons. The van der Waals surface area contributed by atoms with Gasteiger partial charge in [0.2, 0.25) is 0 Å². The molecule has 8 heteroatoms. The van der Waals surface area contributed by atoms with Gasteiger partial charge in [-0.25, -0.2) is 4.72 Å². The lowest BCUT2D eigenvalue weighted by molar-refractivity contribution is -0.143. The fourth-order valence-electron chi connectivity index (χ4n) is 4.99. The third-order valence-corrected chi connectivity index (χ3v) is 8.09. The molecule has 0 saturated carbocycles. The van der Waals surface area contributed by atoms with E-state index < -0.39 is 29.0 Å². The van der Waals surface area contributed by atoms with Crippen LogP contribution in [0.15, 0.2) is 47.4 Å². The molecule has 2 rings (SSSR count). The molecule has 1 nitrogen and oxygen atoms in total. The number of benzene rings is 2. The monoisotopic (exact) mass is 575 g/mol. The number of hydrogen-bond acceptors (Lipinski definition) is 2. The summed E-state index contributed by atoms with van der Waals surface area (Å²) in [5.41, 5.74) is -0.755. The van der Waals surface area contributed by atoms with Crippen LogP contribution in [0, 0.1) is 5.41 Å². The molecule has 0 saturated heterocycles. The molecule has 0 aromatic heterocycles. The molecule has 0 aliphatic carbocycles. The lowest BCUT2D eigenvalue weighted by Crippen LogP contribution is -2.38. The average molecular weight is 576 g/mol. The predicted octanol–water partition coefficient (Wildman–Crippen LogP) is 11.5. The maximum absolute atomic E-state index is 13.4. The summed E-state index contributed by atoms with van der Waals surface area (Å²) in [5.74, 6) is 0.410. The summed E-state index contributed by atoms with van der Waals surface area (Å²) in [7, 11) is 0. The van der Waals surface area contributed by atoms with Crippen molar-refractivity contribution in [3.8, 4) is 0 Å². The van der Waals surface area contributed by atoms with E-state index in [1.54, 1.807) is 0 Å². The molecule has 0 aliphatic heterocycles. The van der Waals surface area contributed by atoms with E-state index in [4.69, 9.17) is 0 Å². The van der Waals surface area contributed by atoms with Gasteiger partial charge in [-0.05, 0) is 78.3 Å². The first kappa shape index (κ1) is 33.5. The van der Waals surface area contributed by atoms with Crippen molar-refractivity contribution in [2.45, 2.75) is 122 Å². The van der Waals surface area contributed by atoms with E-state index in [1.807, 2.05) is 0 Å². The van der Waals surface area contributed by atoms with Crippen molar-refractivity contribution < 1.29 is 26.3 Å². The minimum Gasteiger partial charge on any atom is -0.249 e. The van der Waals surface area contributed by atoms with Gasteiger partial charge in [0.05, 0.1) is 16.7 Å². The average Bonchev–Trinajstić information content (AvgIpc) is 2.85. The molecule has 1 N–H and O–H groups in total. The van der Waals surface area contributed by atoms with Crippen LogP contribution in [0.5, 0.6) is 0 Å². The number of rotatable bonds is 13. The third kappa shape index (κ3) is 10.0. The van der Waals surface area contributed by atoms with Gasteiger partial charge in [-0.2, -0.15) is 26.3 Å². The van der Waals surface area contributed by atoms with Gasteiger partial charge in [-0.15, -0.1) is 0 Å². The van der Waals surface area contributed by atoms with Crippen LogP contribution in [-0.2, 0) is 17.9 Å². The minimum atomic E-state index is -4.88. The number of alkyl halides is 6. The van der Waals surface area contributed by atoms with Crippen LogP contribution >= 0.6 is 11.9 Å². The van der Waals surface area contributed by atoms with Crippen LogP contribution in [0.1, 0.15) is 121 Å². The normalized spacial score (nSPS) is 14.1. The molecule has 0 aliphatic rings. The molecule has 0 amide bonds. The number of unbranched alkanes of at least 4 members (excludes halogenated alkanes) is 2. The first-order valence-corrected chi connectivity index (χ1v) is 14.7. The van der Waals surface area contributed by atoms with Gasteiger partial charge in [0.1, 0.15) is 0 Å². The second-order valence-corrected chi connectivity index (χ2v) is 12.6. The van der Waals surface area contributed by atoms with Crippen molar-refractivity contribution in [1.29, 1.82) is 0 Å². The van der Waals surface area contributed by atoms with Crippen LogP contribution in [0.25, 0.3) is 0 Å². The van der Waals surface area contributed by atoms with Gasteiger partial charge in [-0.3, -0.25) is 0 Å². The first-order valence-electron chi connectivity index (χ1n) is 13.9. The van der Waals surface area contributed by atoms with Crippen LogP contribution in [0.3, 0.4) is 0 Å². The Morgan fingerprint density at radius 2 is 1.21 bits per heavy atom. The summed E-state index contributed by atoms with van der Waals surface area (Å²) in [4.78, 5) is -0.109. The van der Waals surface area contributed by atoms with Crippen molar-refractivity contribution in [3.05, 3.63) is 64.7 Å². The fourth-order valence-corrected chi connectivity index (χ4v) is 5.99. The topological polar surface area (TPSA) is 12.0 Å². The standard InChI is InChI=1S/C31H43F6NS/c1-7-10-16-29(17-11-8-2,24-14-12-23(13-15-24)22(9-3)21-28(4,5)6)38-39-27-19-25(30(32,33)34)18-26(20-27)31(35,36)37/h12-15,18-20,22,38H,7-11,16-17,21H2,1-6H3. The largest absolute Gasteiger partial charge is 0.416 e. The molecule has 39 heavy (non-hydrogen) atoms. The van der Waals surface area contributed by atoms with Crippen LogP contribution in [-0.4, -0.2) is 0 Å². The fraction of sp³-hybridized carbons (Fsp3) is 0.613. The zero-order valence-electron chi connectivity index (χ0n) is 24.0. The van der Waals surface area contributed by atoms with Gasteiger partial charge in [-0.1, -0.05) is 91.5 Å². The highest BCUT2D eigenvalue weighted by atomic mass is 32.2. The zero-order valence-corrected chi connectivity index (χ0v) is 24.8. The molecule has 1 unspecified atom stereocenters. The molecular formula is C31H43F6NS. The van der Waals surface area contributed by atoms with E-state index in [1.165, 1.54) is 5.56 Å². The van der Waals surface area contributed by atoms with E-state index in [9.17, 15) is 26.3 Å². The summed E-state index contributed by atoms with van der Waals surface area (Å²) in [6, 6.07) is 10.2. The third-order valence-electron chi connectivity index (χ3n) is 7.13. The summed E-state index contributed by atoms with van der Waals surface area (Å²) in [5, 5.41) is 0. The van der Waals surface area contributed by atoms with Crippen LogP contribution < -0.4 is 4.72 Å². The number of nitrogens with one attached hydrogen (secondary N) is 1. The highest BCUT2D eigenvalue weighted by Gasteiger charge is 2.38. The summed E-state index contributed by atoms with van der Waals surface area (Å²) in [6.07, 6.45) is -2.67. The molecule has 0 heterocycles. The number of hydrogen-bond donors (Lipinski definition) is 1.